The first-order chi connectivity index (χ1) is 13.2. The lowest BCUT2D eigenvalue weighted by atomic mass is 10.00. The Hall–Kier alpha value is -2.89. The van der Waals surface area contributed by atoms with Crippen molar-refractivity contribution in [3.63, 3.8) is 0 Å². The monoisotopic (exact) mass is 362 g/mol. The number of hydrogen-bond donors (Lipinski definition) is 2. The molecule has 1 aromatic carbocycles. The molecule has 0 saturated carbocycles. The van der Waals surface area contributed by atoms with Gasteiger partial charge in [0.25, 0.3) is 0 Å². The van der Waals surface area contributed by atoms with Gasteiger partial charge in [-0.3, -0.25) is 4.98 Å². The summed E-state index contributed by atoms with van der Waals surface area (Å²) in [5, 5.41) is 4.45. The van der Waals surface area contributed by atoms with Crippen molar-refractivity contribution >= 4 is 33.9 Å². The van der Waals surface area contributed by atoms with Crippen molar-refractivity contribution in [2.45, 2.75) is 45.6 Å². The van der Waals surface area contributed by atoms with Crippen LogP contribution in [0.5, 0.6) is 0 Å². The zero-order chi connectivity index (χ0) is 18.8. The summed E-state index contributed by atoms with van der Waals surface area (Å²) in [7, 11) is 0. The molecule has 2 aromatic heterocycles. The summed E-state index contributed by atoms with van der Waals surface area (Å²) in [6.45, 7) is 5.22. The topological polar surface area (TPSA) is 80.0 Å². The van der Waals surface area contributed by atoms with Gasteiger partial charge in [0.05, 0.1) is 5.52 Å². The molecule has 6 nitrogen and oxygen atoms in total. The summed E-state index contributed by atoms with van der Waals surface area (Å²) in [5.41, 5.74) is 10.0. The molecule has 3 N–H and O–H groups in total. The number of rotatable bonds is 4. The number of pyridine rings is 1. The maximum absolute atomic E-state index is 6.50. The van der Waals surface area contributed by atoms with Gasteiger partial charge in [0.1, 0.15) is 12.0 Å². The molecule has 3 aromatic rings. The minimum Gasteiger partial charge on any atom is -0.393 e. The van der Waals surface area contributed by atoms with Crippen molar-refractivity contribution in [2.75, 3.05) is 22.5 Å². The minimum atomic E-state index is 0.494. The number of benzene rings is 1. The number of hydrogen-bond acceptors (Lipinski definition) is 6. The van der Waals surface area contributed by atoms with Crippen LogP contribution < -0.4 is 16.0 Å². The molecule has 0 radical (unpaired) electrons. The molecule has 3 heterocycles. The van der Waals surface area contributed by atoms with Crippen molar-refractivity contribution in [3.05, 3.63) is 42.4 Å². The Morgan fingerprint density at radius 1 is 1.19 bits per heavy atom. The maximum atomic E-state index is 6.50. The first-order valence-corrected chi connectivity index (χ1v) is 9.68. The van der Waals surface area contributed by atoms with Gasteiger partial charge < -0.3 is 16.0 Å². The van der Waals surface area contributed by atoms with Gasteiger partial charge in [0.2, 0.25) is 0 Å². The average molecular weight is 362 g/mol. The second-order valence-corrected chi connectivity index (χ2v) is 7.16. The Balaban J connectivity index is 1.70. The Morgan fingerprint density at radius 3 is 2.93 bits per heavy atom. The van der Waals surface area contributed by atoms with Gasteiger partial charge in [-0.15, -0.1) is 0 Å². The van der Waals surface area contributed by atoms with Gasteiger partial charge >= 0.3 is 0 Å². The molecule has 0 bridgehead atoms. The summed E-state index contributed by atoms with van der Waals surface area (Å²) in [4.78, 5) is 15.9. The van der Waals surface area contributed by atoms with E-state index in [1.165, 1.54) is 19.3 Å². The van der Waals surface area contributed by atoms with E-state index in [0.717, 1.165) is 41.1 Å². The summed E-state index contributed by atoms with van der Waals surface area (Å²) in [5.74, 6) is 1.49. The Labute approximate surface area is 159 Å². The van der Waals surface area contributed by atoms with Crippen LogP contribution in [0.1, 0.15) is 38.3 Å². The number of nitrogen functional groups attached to an aromatic ring is 1. The molecule has 140 valence electrons. The highest BCUT2D eigenvalue weighted by molar-refractivity contribution is 5.94. The van der Waals surface area contributed by atoms with Gasteiger partial charge in [0.15, 0.2) is 11.6 Å². The van der Waals surface area contributed by atoms with E-state index in [1.807, 2.05) is 31.2 Å². The van der Waals surface area contributed by atoms with E-state index in [1.54, 1.807) is 6.33 Å². The fourth-order valence-electron chi connectivity index (χ4n) is 3.91. The largest absolute Gasteiger partial charge is 0.393 e. The molecule has 0 spiro atoms. The van der Waals surface area contributed by atoms with Crippen molar-refractivity contribution in [3.8, 4) is 0 Å². The van der Waals surface area contributed by atoms with Crippen molar-refractivity contribution in [1.82, 2.24) is 15.0 Å². The third kappa shape index (κ3) is 3.39. The van der Waals surface area contributed by atoms with E-state index in [0.29, 0.717) is 17.5 Å². The summed E-state index contributed by atoms with van der Waals surface area (Å²) in [6.07, 6.45) is 6.34. The fourth-order valence-corrected chi connectivity index (χ4v) is 3.91. The van der Waals surface area contributed by atoms with E-state index in [2.05, 4.69) is 38.2 Å². The third-order valence-electron chi connectivity index (χ3n) is 5.36. The molecule has 0 aliphatic carbocycles. The molecule has 1 unspecified atom stereocenters. The quantitative estimate of drug-likeness (QED) is 0.715. The van der Waals surface area contributed by atoms with Crippen LogP contribution in [0.25, 0.3) is 10.9 Å². The van der Waals surface area contributed by atoms with Gasteiger partial charge in [0, 0.05) is 29.4 Å². The van der Waals surface area contributed by atoms with Gasteiger partial charge in [-0.05, 0) is 56.9 Å². The number of nitrogens with two attached hydrogens (primary N) is 1. The van der Waals surface area contributed by atoms with Crippen LogP contribution in [0.3, 0.4) is 0 Å². The molecular formula is C21H26N6. The Kier molecular flexibility index (Phi) is 4.79. The molecule has 4 rings (SSSR count). The van der Waals surface area contributed by atoms with Crippen LogP contribution in [-0.2, 0) is 0 Å². The normalized spacial score (nSPS) is 17.3. The zero-order valence-corrected chi connectivity index (χ0v) is 15.9. The molecule has 27 heavy (non-hydrogen) atoms. The molecule has 1 fully saturated rings. The lowest BCUT2D eigenvalue weighted by Gasteiger charge is -2.36. The van der Waals surface area contributed by atoms with E-state index in [4.69, 9.17) is 5.73 Å². The van der Waals surface area contributed by atoms with E-state index in [9.17, 15) is 0 Å². The zero-order valence-electron chi connectivity index (χ0n) is 15.9. The predicted octanol–water partition coefficient (Wildman–Crippen LogP) is 4.43. The number of aromatic nitrogens is 3. The van der Waals surface area contributed by atoms with Crippen LogP contribution in [-0.4, -0.2) is 27.5 Å². The summed E-state index contributed by atoms with van der Waals surface area (Å²) < 4.78 is 0. The minimum absolute atomic E-state index is 0.494. The average Bonchev–Trinajstić information content (AvgIpc) is 2.69. The van der Waals surface area contributed by atoms with Crippen molar-refractivity contribution < 1.29 is 0 Å². The first kappa shape index (κ1) is 17.5. The second kappa shape index (κ2) is 7.39. The number of fused-ring (bicyclic) bond motifs is 1. The number of nitrogens with zero attached hydrogens (tertiary/aromatic N) is 4. The lowest BCUT2D eigenvalue weighted by molar-refractivity contribution is 0.447. The number of aryl methyl sites for hydroxylation is 1. The Morgan fingerprint density at radius 2 is 2.07 bits per heavy atom. The highest BCUT2D eigenvalue weighted by atomic mass is 15.2. The second-order valence-electron chi connectivity index (χ2n) is 7.16. The van der Waals surface area contributed by atoms with E-state index < -0.39 is 0 Å². The summed E-state index contributed by atoms with van der Waals surface area (Å²) >= 11 is 0. The van der Waals surface area contributed by atoms with Crippen LogP contribution in [0.4, 0.5) is 23.0 Å². The van der Waals surface area contributed by atoms with Crippen molar-refractivity contribution in [2.24, 2.45) is 0 Å². The van der Waals surface area contributed by atoms with Crippen LogP contribution in [0.2, 0.25) is 0 Å². The van der Waals surface area contributed by atoms with E-state index >= 15 is 0 Å². The van der Waals surface area contributed by atoms with Gasteiger partial charge in [-0.2, -0.15) is 0 Å². The van der Waals surface area contributed by atoms with Crippen LogP contribution in [0.15, 0.2) is 36.7 Å². The van der Waals surface area contributed by atoms with E-state index in [-0.39, 0.29) is 0 Å². The molecule has 1 aliphatic rings. The van der Waals surface area contributed by atoms with Gasteiger partial charge in [-0.1, -0.05) is 13.0 Å². The molecule has 6 heteroatoms. The summed E-state index contributed by atoms with van der Waals surface area (Å²) in [6, 6.07) is 10.6. The molecule has 1 saturated heterocycles. The smallest absolute Gasteiger partial charge is 0.159 e. The SMILES string of the molecule is CCC1CCCCN1c1ncnc(Nc2cccc3nc(C)ccc23)c1N. The number of piperidine rings is 1. The molecular weight excluding hydrogens is 336 g/mol. The molecule has 1 atom stereocenters. The standard InChI is InChI=1S/C21H26N6/c1-3-15-7-4-5-12-27(15)21-19(22)20(23-13-24-21)26-18-9-6-8-17-16(18)11-10-14(2)25-17/h6,8-11,13,15H,3-5,7,12,22H2,1-2H3,(H,23,24,26). The highest BCUT2D eigenvalue weighted by Gasteiger charge is 2.25. The first-order valence-electron chi connectivity index (χ1n) is 9.68. The highest BCUT2D eigenvalue weighted by Crippen LogP contribution is 2.34. The van der Waals surface area contributed by atoms with Crippen molar-refractivity contribution in [1.29, 1.82) is 0 Å². The van der Waals surface area contributed by atoms with Crippen LogP contribution in [0, 0.1) is 6.92 Å². The fraction of sp³-hybridized carbons (Fsp3) is 0.381. The van der Waals surface area contributed by atoms with Crippen LogP contribution >= 0.6 is 0 Å². The third-order valence-corrected chi connectivity index (χ3v) is 5.36. The maximum Gasteiger partial charge on any atom is 0.159 e. The van der Waals surface area contributed by atoms with Gasteiger partial charge in [-0.25, -0.2) is 9.97 Å². The predicted molar refractivity (Wildman–Crippen MR) is 111 cm³/mol. The molecule has 0 amide bonds. The number of nitrogens with one attached hydrogen (secondary N) is 1. The number of anilines is 4. The lowest BCUT2D eigenvalue weighted by Crippen LogP contribution is -2.40. The molecule has 1 aliphatic heterocycles. The Bertz CT molecular complexity index is 955.